The van der Waals surface area contributed by atoms with Crippen LogP contribution >= 0.6 is 11.6 Å². The zero-order valence-electron chi connectivity index (χ0n) is 15.0. The van der Waals surface area contributed by atoms with E-state index < -0.39 is 16.6 Å². The molecule has 0 bridgehead atoms. The van der Waals surface area contributed by atoms with Gasteiger partial charge in [0.2, 0.25) is 0 Å². The van der Waals surface area contributed by atoms with Gasteiger partial charge in [0, 0.05) is 16.7 Å². The van der Waals surface area contributed by atoms with Crippen LogP contribution in [0, 0.1) is 10.1 Å². The molecule has 2 aromatic rings. The van der Waals surface area contributed by atoms with Crippen molar-refractivity contribution in [1.29, 1.82) is 0 Å². The lowest BCUT2D eigenvalue weighted by Gasteiger charge is -2.12. The number of nitrogens with zero attached hydrogens (tertiary/aromatic N) is 1. The molecule has 0 saturated heterocycles. The molecule has 2 aromatic carbocycles. The van der Waals surface area contributed by atoms with Crippen molar-refractivity contribution in [3.63, 3.8) is 0 Å². The first-order chi connectivity index (χ1) is 12.9. The summed E-state index contributed by atoms with van der Waals surface area (Å²) >= 11 is 5.94. The molecule has 0 heterocycles. The first kappa shape index (κ1) is 20.3. The number of benzene rings is 2. The van der Waals surface area contributed by atoms with Crippen molar-refractivity contribution < 1.29 is 28.7 Å². The van der Waals surface area contributed by atoms with Gasteiger partial charge in [-0.2, -0.15) is 0 Å². The lowest BCUT2D eigenvalue weighted by atomic mass is 10.1. The number of methoxy groups -OCH3 is 2. The van der Waals surface area contributed by atoms with Gasteiger partial charge in [0.05, 0.1) is 31.8 Å². The van der Waals surface area contributed by atoms with Gasteiger partial charge in [-0.05, 0) is 25.1 Å². The summed E-state index contributed by atoms with van der Waals surface area (Å²) in [6.07, 6.45) is 0. The molecule has 0 aliphatic carbocycles. The van der Waals surface area contributed by atoms with Gasteiger partial charge in [0.25, 0.3) is 5.69 Å². The fraction of sp³-hybridized carbons (Fsp3) is 0.278. The Bertz CT molecular complexity index is 854. The molecule has 2 rings (SSSR count). The number of hydrogen-bond donors (Lipinski definition) is 0. The molecule has 0 amide bonds. The topological polar surface area (TPSA) is 97.1 Å². The highest BCUT2D eigenvalue weighted by Crippen LogP contribution is 2.35. The van der Waals surface area contributed by atoms with Crippen LogP contribution in [-0.2, 0) is 11.3 Å². The second-order valence-electron chi connectivity index (χ2n) is 5.24. The first-order valence-corrected chi connectivity index (χ1v) is 8.27. The van der Waals surface area contributed by atoms with E-state index in [1.807, 2.05) is 0 Å². The highest BCUT2D eigenvalue weighted by atomic mass is 35.5. The van der Waals surface area contributed by atoms with Crippen LogP contribution in [0.15, 0.2) is 30.3 Å². The number of hydrogen-bond acceptors (Lipinski definition) is 7. The summed E-state index contributed by atoms with van der Waals surface area (Å²) in [5.41, 5.74) is -0.164. The van der Waals surface area contributed by atoms with E-state index in [2.05, 4.69) is 0 Å². The third kappa shape index (κ3) is 4.79. The Balaban J connectivity index is 2.32. The van der Waals surface area contributed by atoms with Crippen molar-refractivity contribution >= 4 is 23.3 Å². The maximum atomic E-state index is 12.5. The molecule has 0 aliphatic rings. The van der Waals surface area contributed by atoms with Crippen molar-refractivity contribution in [2.75, 3.05) is 20.8 Å². The summed E-state index contributed by atoms with van der Waals surface area (Å²) in [7, 11) is 2.84. The largest absolute Gasteiger partial charge is 0.496 e. The number of carbonyl (C=O) groups excluding carboxylic acids is 1. The predicted octanol–water partition coefficient (Wildman–Crippen LogP) is 4.02. The second kappa shape index (κ2) is 9.09. The van der Waals surface area contributed by atoms with Crippen LogP contribution in [0.3, 0.4) is 0 Å². The predicted molar refractivity (Wildman–Crippen MR) is 97.9 cm³/mol. The molecular formula is C18H18ClNO7. The average molecular weight is 396 g/mol. The number of carbonyl (C=O) groups is 1. The minimum atomic E-state index is -0.884. The fourth-order valence-corrected chi connectivity index (χ4v) is 2.57. The molecule has 0 spiro atoms. The van der Waals surface area contributed by atoms with Gasteiger partial charge in [0.15, 0.2) is 11.5 Å². The summed E-state index contributed by atoms with van der Waals surface area (Å²) in [4.78, 5) is 23.2. The monoisotopic (exact) mass is 395 g/mol. The van der Waals surface area contributed by atoms with Gasteiger partial charge in [-0.15, -0.1) is 0 Å². The molecule has 0 N–H and O–H groups in total. The number of esters is 1. The zero-order chi connectivity index (χ0) is 20.0. The fourth-order valence-electron chi connectivity index (χ4n) is 2.37. The maximum absolute atomic E-state index is 12.5. The number of ether oxygens (including phenoxy) is 4. The van der Waals surface area contributed by atoms with E-state index >= 15 is 0 Å². The van der Waals surface area contributed by atoms with E-state index in [0.29, 0.717) is 16.3 Å². The van der Waals surface area contributed by atoms with E-state index in [1.165, 1.54) is 20.3 Å². The van der Waals surface area contributed by atoms with Gasteiger partial charge < -0.3 is 18.9 Å². The molecule has 0 aliphatic heterocycles. The van der Waals surface area contributed by atoms with Crippen molar-refractivity contribution in [3.05, 3.63) is 56.6 Å². The standard InChI is InChI=1S/C18H18ClNO7/c1-4-26-17-9-14(20(22)23)13(8-16(17)25-3)18(21)27-10-11-7-12(19)5-6-15(11)24-2/h5-9H,4,10H2,1-3H3. The van der Waals surface area contributed by atoms with Crippen LogP contribution in [0.1, 0.15) is 22.8 Å². The number of rotatable bonds is 8. The molecule has 0 aromatic heterocycles. The molecule has 0 atom stereocenters. The van der Waals surface area contributed by atoms with Gasteiger partial charge in [-0.25, -0.2) is 4.79 Å². The zero-order valence-corrected chi connectivity index (χ0v) is 15.7. The Morgan fingerprint density at radius 3 is 2.41 bits per heavy atom. The molecule has 0 saturated carbocycles. The molecule has 0 unspecified atom stereocenters. The van der Waals surface area contributed by atoms with Crippen molar-refractivity contribution in [2.45, 2.75) is 13.5 Å². The Morgan fingerprint density at radius 2 is 1.81 bits per heavy atom. The molecule has 9 heteroatoms. The van der Waals surface area contributed by atoms with E-state index in [1.54, 1.807) is 25.1 Å². The van der Waals surface area contributed by atoms with E-state index in [4.69, 9.17) is 30.5 Å². The van der Waals surface area contributed by atoms with Gasteiger partial charge in [-0.3, -0.25) is 10.1 Å². The average Bonchev–Trinajstić information content (AvgIpc) is 2.66. The van der Waals surface area contributed by atoms with Crippen molar-refractivity contribution in [2.24, 2.45) is 0 Å². The van der Waals surface area contributed by atoms with Crippen LogP contribution in [0.5, 0.6) is 17.2 Å². The van der Waals surface area contributed by atoms with Gasteiger partial charge in [-0.1, -0.05) is 11.6 Å². The van der Waals surface area contributed by atoms with E-state index in [0.717, 1.165) is 6.07 Å². The van der Waals surface area contributed by atoms with E-state index in [9.17, 15) is 14.9 Å². The summed E-state index contributed by atoms with van der Waals surface area (Å²) in [6.45, 7) is 1.84. The number of nitro benzene ring substituents is 1. The smallest absolute Gasteiger partial charge is 0.345 e. The molecule has 0 fully saturated rings. The Labute approximate surface area is 160 Å². The van der Waals surface area contributed by atoms with Crippen LogP contribution in [0.25, 0.3) is 0 Å². The van der Waals surface area contributed by atoms with Crippen LogP contribution in [-0.4, -0.2) is 31.7 Å². The summed E-state index contributed by atoms with van der Waals surface area (Å²) in [5.74, 6) is -0.0504. The highest BCUT2D eigenvalue weighted by molar-refractivity contribution is 6.30. The van der Waals surface area contributed by atoms with Crippen LogP contribution < -0.4 is 14.2 Å². The summed E-state index contributed by atoms with van der Waals surface area (Å²) in [5, 5.41) is 11.8. The lowest BCUT2D eigenvalue weighted by Crippen LogP contribution is -2.10. The summed E-state index contributed by atoms with van der Waals surface area (Å²) < 4.78 is 20.9. The SMILES string of the molecule is CCOc1cc([N+](=O)[O-])c(C(=O)OCc2cc(Cl)ccc2OC)cc1OC. The molecule has 8 nitrogen and oxygen atoms in total. The third-order valence-corrected chi connectivity index (χ3v) is 3.83. The maximum Gasteiger partial charge on any atom is 0.345 e. The normalized spacial score (nSPS) is 10.2. The Morgan fingerprint density at radius 1 is 1.11 bits per heavy atom. The molecule has 0 radical (unpaired) electrons. The van der Waals surface area contributed by atoms with Gasteiger partial charge in [0.1, 0.15) is 17.9 Å². The highest BCUT2D eigenvalue weighted by Gasteiger charge is 2.26. The van der Waals surface area contributed by atoms with Gasteiger partial charge >= 0.3 is 5.97 Å². The van der Waals surface area contributed by atoms with Crippen LogP contribution in [0.4, 0.5) is 5.69 Å². The minimum Gasteiger partial charge on any atom is -0.496 e. The first-order valence-electron chi connectivity index (χ1n) is 7.90. The van der Waals surface area contributed by atoms with E-state index in [-0.39, 0.29) is 30.3 Å². The van der Waals surface area contributed by atoms with Crippen LogP contribution in [0.2, 0.25) is 5.02 Å². The molecule has 144 valence electrons. The molecular weight excluding hydrogens is 378 g/mol. The number of halogens is 1. The van der Waals surface area contributed by atoms with Crippen molar-refractivity contribution in [3.8, 4) is 17.2 Å². The quantitative estimate of drug-likeness (QED) is 0.378. The van der Waals surface area contributed by atoms with Crippen molar-refractivity contribution in [1.82, 2.24) is 0 Å². The minimum absolute atomic E-state index is 0.166. The molecule has 27 heavy (non-hydrogen) atoms. The third-order valence-electron chi connectivity index (χ3n) is 3.60. The Hall–Kier alpha value is -3.00. The Kier molecular flexibility index (Phi) is 6.84. The lowest BCUT2D eigenvalue weighted by molar-refractivity contribution is -0.385. The number of nitro groups is 1. The second-order valence-corrected chi connectivity index (χ2v) is 5.68. The summed E-state index contributed by atoms with van der Waals surface area (Å²) in [6, 6.07) is 7.21.